The molecule has 0 saturated heterocycles. The van der Waals surface area contributed by atoms with E-state index < -0.39 is 0 Å². The zero-order valence-corrected chi connectivity index (χ0v) is 10.8. The van der Waals surface area contributed by atoms with E-state index in [1.54, 1.807) is 18.2 Å². The van der Waals surface area contributed by atoms with Crippen LogP contribution >= 0.6 is 28.6 Å². The summed E-state index contributed by atoms with van der Waals surface area (Å²) in [5.41, 5.74) is 0.580. The molecule has 0 aliphatic rings. The van der Waals surface area contributed by atoms with Gasteiger partial charge in [0, 0.05) is 15.4 Å². The Kier molecular flexibility index (Phi) is 4.42. The summed E-state index contributed by atoms with van der Waals surface area (Å²) in [6.45, 7) is 5.47. The summed E-state index contributed by atoms with van der Waals surface area (Å²) in [5.74, 6) is -0.134. The highest BCUT2D eigenvalue weighted by Crippen LogP contribution is 2.20. The Morgan fingerprint density at radius 1 is 1.67 bits per heavy atom. The van der Waals surface area contributed by atoms with Crippen molar-refractivity contribution in [3.05, 3.63) is 40.9 Å². The Morgan fingerprint density at radius 3 is 2.93 bits per heavy atom. The average molecular weight is 286 g/mol. The number of hydrogen-bond acceptors (Lipinski definition) is 2. The van der Waals surface area contributed by atoms with Crippen molar-refractivity contribution in [1.29, 1.82) is 0 Å². The minimum absolute atomic E-state index is 0.0482. The number of carbonyl (C=O) groups excluding carboxylic acids is 1. The van der Waals surface area contributed by atoms with Gasteiger partial charge < -0.3 is 5.32 Å². The lowest BCUT2D eigenvalue weighted by Gasteiger charge is -2.10. The Hall–Kier alpha value is -0.740. The van der Waals surface area contributed by atoms with Gasteiger partial charge in [0.25, 0.3) is 5.91 Å². The van der Waals surface area contributed by atoms with Crippen LogP contribution in [0.4, 0.5) is 0 Å². The van der Waals surface area contributed by atoms with Gasteiger partial charge in [0.1, 0.15) is 0 Å². The van der Waals surface area contributed by atoms with Gasteiger partial charge in [-0.15, -0.1) is 19.2 Å². The molecule has 0 spiro atoms. The summed E-state index contributed by atoms with van der Waals surface area (Å²) in [6, 6.07) is 5.29. The SMILES string of the molecule is C=CC(C)NC(=O)c1cc(S)ccc1Br. The average Bonchev–Trinajstić information content (AvgIpc) is 2.21. The van der Waals surface area contributed by atoms with E-state index in [1.165, 1.54) is 0 Å². The van der Waals surface area contributed by atoms with E-state index in [0.29, 0.717) is 5.56 Å². The predicted octanol–water partition coefficient (Wildman–Crippen LogP) is 3.04. The quantitative estimate of drug-likeness (QED) is 0.649. The third-order valence-electron chi connectivity index (χ3n) is 1.91. The molecule has 15 heavy (non-hydrogen) atoms. The van der Waals surface area contributed by atoms with Crippen molar-refractivity contribution in [2.75, 3.05) is 0 Å². The van der Waals surface area contributed by atoms with Crippen LogP contribution in [0.15, 0.2) is 40.2 Å². The van der Waals surface area contributed by atoms with E-state index in [-0.39, 0.29) is 11.9 Å². The number of amides is 1. The smallest absolute Gasteiger partial charge is 0.252 e. The molecule has 2 nitrogen and oxygen atoms in total. The van der Waals surface area contributed by atoms with Crippen LogP contribution in [-0.2, 0) is 0 Å². The molecule has 0 aromatic heterocycles. The molecule has 0 bridgehead atoms. The zero-order valence-electron chi connectivity index (χ0n) is 8.33. The fraction of sp³-hybridized carbons (Fsp3) is 0.182. The largest absolute Gasteiger partial charge is 0.346 e. The van der Waals surface area contributed by atoms with Gasteiger partial charge in [-0.2, -0.15) is 0 Å². The highest BCUT2D eigenvalue weighted by molar-refractivity contribution is 9.10. The Labute approximate surface area is 103 Å². The van der Waals surface area contributed by atoms with Crippen molar-refractivity contribution >= 4 is 34.5 Å². The van der Waals surface area contributed by atoms with Crippen LogP contribution < -0.4 is 5.32 Å². The summed E-state index contributed by atoms with van der Waals surface area (Å²) in [7, 11) is 0. The summed E-state index contributed by atoms with van der Waals surface area (Å²) < 4.78 is 0.758. The Balaban J connectivity index is 2.90. The number of halogens is 1. The highest BCUT2D eigenvalue weighted by atomic mass is 79.9. The summed E-state index contributed by atoms with van der Waals surface area (Å²) in [4.78, 5) is 12.5. The molecule has 1 atom stereocenters. The first-order valence-corrected chi connectivity index (χ1v) is 5.70. The summed E-state index contributed by atoms with van der Waals surface area (Å²) in [6.07, 6.45) is 1.68. The zero-order chi connectivity index (χ0) is 11.4. The summed E-state index contributed by atoms with van der Waals surface area (Å²) >= 11 is 7.51. The normalized spacial score (nSPS) is 11.9. The Morgan fingerprint density at radius 2 is 2.33 bits per heavy atom. The first-order chi connectivity index (χ1) is 7.04. The molecular formula is C11H12BrNOS. The van der Waals surface area contributed by atoms with Gasteiger partial charge in [-0.05, 0) is 41.1 Å². The second-order valence-corrected chi connectivity index (χ2v) is 4.53. The van der Waals surface area contributed by atoms with Gasteiger partial charge in [-0.3, -0.25) is 4.79 Å². The van der Waals surface area contributed by atoms with Crippen LogP contribution in [0.25, 0.3) is 0 Å². The lowest BCUT2D eigenvalue weighted by Crippen LogP contribution is -2.31. The third-order valence-corrected chi connectivity index (χ3v) is 2.88. The number of thiol groups is 1. The first kappa shape index (κ1) is 12.3. The number of carbonyl (C=O) groups is 1. The van der Waals surface area contributed by atoms with E-state index in [9.17, 15) is 4.79 Å². The van der Waals surface area contributed by atoms with Gasteiger partial charge in [0.15, 0.2) is 0 Å². The minimum atomic E-state index is -0.134. The minimum Gasteiger partial charge on any atom is -0.346 e. The number of rotatable bonds is 3. The molecule has 0 fully saturated rings. The van der Waals surface area contributed by atoms with Crippen LogP contribution in [0.3, 0.4) is 0 Å². The molecule has 1 amide bonds. The topological polar surface area (TPSA) is 29.1 Å². The molecule has 0 radical (unpaired) electrons. The molecule has 0 heterocycles. The van der Waals surface area contributed by atoms with Crippen LogP contribution in [0.1, 0.15) is 17.3 Å². The van der Waals surface area contributed by atoms with Crippen molar-refractivity contribution < 1.29 is 4.79 Å². The third kappa shape index (κ3) is 3.39. The Bertz CT molecular complexity index is 392. The molecule has 1 aromatic carbocycles. The molecular weight excluding hydrogens is 274 g/mol. The predicted molar refractivity (Wildman–Crippen MR) is 68.5 cm³/mol. The van der Waals surface area contributed by atoms with Crippen molar-refractivity contribution in [2.24, 2.45) is 0 Å². The molecule has 4 heteroatoms. The van der Waals surface area contributed by atoms with Crippen molar-refractivity contribution in [1.82, 2.24) is 5.32 Å². The highest BCUT2D eigenvalue weighted by Gasteiger charge is 2.11. The lowest BCUT2D eigenvalue weighted by atomic mass is 10.2. The number of hydrogen-bond donors (Lipinski definition) is 2. The fourth-order valence-corrected chi connectivity index (χ4v) is 1.66. The first-order valence-electron chi connectivity index (χ1n) is 4.46. The molecule has 0 aliphatic carbocycles. The van der Waals surface area contributed by atoms with E-state index in [0.717, 1.165) is 9.37 Å². The maximum atomic E-state index is 11.8. The maximum Gasteiger partial charge on any atom is 0.252 e. The second-order valence-electron chi connectivity index (χ2n) is 3.16. The van der Waals surface area contributed by atoms with Crippen molar-refractivity contribution in [3.63, 3.8) is 0 Å². The second kappa shape index (κ2) is 5.37. The van der Waals surface area contributed by atoms with Crippen LogP contribution in [0, 0.1) is 0 Å². The fourth-order valence-electron chi connectivity index (χ4n) is 1.03. The van der Waals surface area contributed by atoms with Gasteiger partial charge in [0.2, 0.25) is 0 Å². The standard InChI is InChI=1S/C11H12BrNOS/c1-3-7(2)13-11(14)9-6-8(15)4-5-10(9)12/h3-7,15H,1H2,2H3,(H,13,14). The number of benzene rings is 1. The van der Waals surface area contributed by atoms with Crippen molar-refractivity contribution in [2.45, 2.75) is 17.9 Å². The van der Waals surface area contributed by atoms with E-state index in [1.807, 2.05) is 13.0 Å². The molecule has 1 unspecified atom stereocenters. The summed E-state index contributed by atoms with van der Waals surface area (Å²) in [5, 5.41) is 2.79. The maximum absolute atomic E-state index is 11.8. The van der Waals surface area contributed by atoms with Crippen molar-refractivity contribution in [3.8, 4) is 0 Å². The molecule has 0 saturated carbocycles. The van der Waals surface area contributed by atoms with Gasteiger partial charge in [-0.25, -0.2) is 0 Å². The van der Waals surface area contributed by atoms with Gasteiger partial charge in [-0.1, -0.05) is 6.08 Å². The molecule has 1 N–H and O–H groups in total. The van der Waals surface area contributed by atoms with Crippen LogP contribution in [-0.4, -0.2) is 11.9 Å². The lowest BCUT2D eigenvalue weighted by molar-refractivity contribution is 0.0946. The van der Waals surface area contributed by atoms with Crippen LogP contribution in [0.2, 0.25) is 0 Å². The monoisotopic (exact) mass is 285 g/mol. The van der Waals surface area contributed by atoms with Crippen LogP contribution in [0.5, 0.6) is 0 Å². The van der Waals surface area contributed by atoms with E-state index in [2.05, 4.69) is 40.5 Å². The van der Waals surface area contributed by atoms with Gasteiger partial charge >= 0.3 is 0 Å². The van der Waals surface area contributed by atoms with E-state index >= 15 is 0 Å². The molecule has 80 valence electrons. The molecule has 0 aliphatic heterocycles. The number of nitrogens with one attached hydrogen (secondary N) is 1. The molecule has 1 rings (SSSR count). The molecule has 1 aromatic rings. The van der Waals surface area contributed by atoms with Gasteiger partial charge in [0.05, 0.1) is 5.56 Å². The van der Waals surface area contributed by atoms with E-state index in [4.69, 9.17) is 0 Å².